The van der Waals surface area contributed by atoms with Gasteiger partial charge in [0.05, 0.1) is 0 Å². The van der Waals surface area contributed by atoms with E-state index in [0.29, 0.717) is 0 Å². The van der Waals surface area contributed by atoms with Crippen molar-refractivity contribution in [2.45, 2.75) is 122 Å². The van der Waals surface area contributed by atoms with Gasteiger partial charge in [0.1, 0.15) is 5.76 Å². The lowest BCUT2D eigenvalue weighted by Gasteiger charge is -2.04. The van der Waals surface area contributed by atoms with Crippen molar-refractivity contribution < 1.29 is 20.1 Å². The summed E-state index contributed by atoms with van der Waals surface area (Å²) in [6, 6.07) is 0. The predicted molar refractivity (Wildman–Crippen MR) is 109 cm³/mol. The molecule has 0 aliphatic carbocycles. The third-order valence-electron chi connectivity index (χ3n) is 4.99. The second-order valence-electron chi connectivity index (χ2n) is 7.51. The maximum Gasteiger partial charge on any atom is 0.374 e. The molecule has 4 heteroatoms. The van der Waals surface area contributed by atoms with E-state index < -0.39 is 17.5 Å². The van der Waals surface area contributed by atoms with E-state index in [1.807, 2.05) is 0 Å². The zero-order valence-corrected chi connectivity index (χ0v) is 17.0. The minimum Gasteiger partial charge on any atom is -0.508 e. The van der Waals surface area contributed by atoms with Crippen LogP contribution >= 0.6 is 0 Å². The van der Waals surface area contributed by atoms with Crippen LogP contribution in [0.3, 0.4) is 0 Å². The Bertz CT molecular complexity index is 363. The van der Waals surface area contributed by atoms with Gasteiger partial charge in [0.15, 0.2) is 0 Å². The molecule has 0 spiro atoms. The van der Waals surface area contributed by atoms with Crippen LogP contribution in [0.15, 0.2) is 11.5 Å². The van der Waals surface area contributed by atoms with Crippen molar-refractivity contribution in [3.63, 3.8) is 0 Å². The molecule has 0 radical (unpaired) electrons. The summed E-state index contributed by atoms with van der Waals surface area (Å²) in [7, 11) is 0. The lowest BCUT2D eigenvalue weighted by Crippen LogP contribution is -2.03. The van der Waals surface area contributed by atoms with Crippen molar-refractivity contribution in [2.75, 3.05) is 0 Å². The highest BCUT2D eigenvalue weighted by atomic mass is 16.4. The zero-order chi connectivity index (χ0) is 19.5. The molecule has 0 aromatic rings. The van der Waals surface area contributed by atoms with Crippen LogP contribution in [0.1, 0.15) is 122 Å². The maximum absolute atomic E-state index is 10.5. The molecule has 0 rings (SSSR count). The zero-order valence-electron chi connectivity index (χ0n) is 17.0. The number of carboxylic acids is 1. The molecule has 26 heavy (non-hydrogen) atoms. The van der Waals surface area contributed by atoms with E-state index in [1.54, 1.807) is 0 Å². The van der Waals surface area contributed by atoms with Crippen LogP contribution in [0.2, 0.25) is 0 Å². The molecule has 0 amide bonds. The van der Waals surface area contributed by atoms with Gasteiger partial charge in [0.2, 0.25) is 5.76 Å². The Morgan fingerprint density at radius 2 is 0.846 bits per heavy atom. The van der Waals surface area contributed by atoms with Crippen LogP contribution in [0.4, 0.5) is 0 Å². The molecule has 0 unspecified atom stereocenters. The third kappa shape index (κ3) is 16.3. The van der Waals surface area contributed by atoms with Crippen LogP contribution in [0, 0.1) is 0 Å². The molecular formula is C22H42O4. The van der Waals surface area contributed by atoms with Gasteiger partial charge < -0.3 is 15.3 Å². The average molecular weight is 371 g/mol. The molecular weight excluding hydrogens is 328 g/mol. The monoisotopic (exact) mass is 370 g/mol. The minimum atomic E-state index is -1.46. The van der Waals surface area contributed by atoms with Crippen LogP contribution in [-0.4, -0.2) is 21.3 Å². The fourth-order valence-electron chi connectivity index (χ4n) is 3.26. The molecule has 3 N–H and O–H groups in total. The van der Waals surface area contributed by atoms with Gasteiger partial charge in [0, 0.05) is 6.42 Å². The van der Waals surface area contributed by atoms with E-state index in [0.717, 1.165) is 19.3 Å². The lowest BCUT2D eigenvalue weighted by molar-refractivity contribution is -0.135. The summed E-state index contributed by atoms with van der Waals surface area (Å²) in [5.74, 6) is -2.78. The Morgan fingerprint density at radius 3 is 1.15 bits per heavy atom. The first-order valence-electron chi connectivity index (χ1n) is 10.9. The number of carbonyl (C=O) groups is 1. The molecule has 0 heterocycles. The van der Waals surface area contributed by atoms with E-state index in [-0.39, 0.29) is 6.42 Å². The fraction of sp³-hybridized carbons (Fsp3) is 0.864. The van der Waals surface area contributed by atoms with Crippen molar-refractivity contribution in [3.8, 4) is 0 Å². The summed E-state index contributed by atoms with van der Waals surface area (Å²) in [6.07, 6.45) is 22.1. The standard InChI is InChI=1S/C22H42O4/c1-2-3-4-5-6-7-8-9-10-11-12-13-14-15-16-17-18-19-20(23)21(24)22(25)26/h23-24H,2-19H2,1H3,(H,25,26). The summed E-state index contributed by atoms with van der Waals surface area (Å²) in [5, 5.41) is 27.0. The van der Waals surface area contributed by atoms with E-state index in [2.05, 4.69) is 6.92 Å². The SMILES string of the molecule is CCCCCCCCCCCCCCCCCCCC(O)=C(O)C(=O)O. The van der Waals surface area contributed by atoms with Crippen molar-refractivity contribution in [2.24, 2.45) is 0 Å². The van der Waals surface area contributed by atoms with Crippen molar-refractivity contribution in [3.05, 3.63) is 11.5 Å². The number of hydrogen-bond donors (Lipinski definition) is 3. The molecule has 0 atom stereocenters. The molecule has 0 aromatic heterocycles. The third-order valence-corrected chi connectivity index (χ3v) is 4.99. The maximum atomic E-state index is 10.5. The normalized spacial score (nSPS) is 12.2. The van der Waals surface area contributed by atoms with E-state index in [1.165, 1.54) is 89.9 Å². The number of aliphatic hydroxyl groups is 2. The molecule has 0 aromatic carbocycles. The fourth-order valence-corrected chi connectivity index (χ4v) is 3.26. The first-order valence-corrected chi connectivity index (χ1v) is 10.9. The first kappa shape index (κ1) is 24.8. The van der Waals surface area contributed by atoms with E-state index >= 15 is 0 Å². The number of hydrogen-bond acceptors (Lipinski definition) is 3. The Morgan fingerprint density at radius 1 is 0.538 bits per heavy atom. The number of carboxylic acid groups (broad SMARTS) is 1. The molecule has 4 nitrogen and oxygen atoms in total. The highest BCUT2D eigenvalue weighted by Crippen LogP contribution is 2.15. The van der Waals surface area contributed by atoms with Gasteiger partial charge in [-0.2, -0.15) is 0 Å². The summed E-state index contributed by atoms with van der Waals surface area (Å²) in [4.78, 5) is 10.5. The van der Waals surface area contributed by atoms with E-state index in [4.69, 9.17) is 10.2 Å². The molecule has 0 aliphatic rings. The van der Waals surface area contributed by atoms with Crippen LogP contribution in [-0.2, 0) is 4.79 Å². The molecule has 154 valence electrons. The highest BCUT2D eigenvalue weighted by molar-refractivity contribution is 5.84. The number of aliphatic carboxylic acids is 1. The largest absolute Gasteiger partial charge is 0.508 e. The summed E-state index contributed by atoms with van der Waals surface area (Å²) >= 11 is 0. The van der Waals surface area contributed by atoms with Gasteiger partial charge in [-0.3, -0.25) is 0 Å². The van der Waals surface area contributed by atoms with Gasteiger partial charge in [-0.05, 0) is 6.42 Å². The van der Waals surface area contributed by atoms with Crippen molar-refractivity contribution in [1.82, 2.24) is 0 Å². The molecule has 0 bridgehead atoms. The van der Waals surface area contributed by atoms with Gasteiger partial charge in [-0.15, -0.1) is 0 Å². The second kappa shape index (κ2) is 18.6. The summed E-state index contributed by atoms with van der Waals surface area (Å²) in [6.45, 7) is 2.26. The Kier molecular flexibility index (Phi) is 17.7. The summed E-state index contributed by atoms with van der Waals surface area (Å²) in [5.41, 5.74) is 0. The van der Waals surface area contributed by atoms with Crippen LogP contribution in [0.25, 0.3) is 0 Å². The minimum absolute atomic E-state index is 0.247. The molecule has 0 aliphatic heterocycles. The van der Waals surface area contributed by atoms with Gasteiger partial charge in [-0.25, -0.2) is 4.79 Å². The quantitative estimate of drug-likeness (QED) is 0.125. The number of aliphatic hydroxyl groups excluding tert-OH is 2. The Labute approximate surface area is 160 Å². The molecule has 0 fully saturated rings. The Hall–Kier alpha value is -1.19. The lowest BCUT2D eigenvalue weighted by atomic mass is 10.0. The van der Waals surface area contributed by atoms with Gasteiger partial charge >= 0.3 is 5.97 Å². The van der Waals surface area contributed by atoms with Crippen molar-refractivity contribution in [1.29, 1.82) is 0 Å². The molecule has 0 saturated heterocycles. The Balaban J connectivity index is 3.20. The van der Waals surface area contributed by atoms with Gasteiger partial charge in [-0.1, -0.05) is 110 Å². The van der Waals surface area contributed by atoms with Crippen molar-refractivity contribution >= 4 is 5.97 Å². The van der Waals surface area contributed by atoms with E-state index in [9.17, 15) is 9.90 Å². The van der Waals surface area contributed by atoms with Gasteiger partial charge in [0.25, 0.3) is 0 Å². The highest BCUT2D eigenvalue weighted by Gasteiger charge is 2.10. The predicted octanol–water partition coefficient (Wildman–Crippen LogP) is 7.44. The van der Waals surface area contributed by atoms with Crippen LogP contribution < -0.4 is 0 Å². The topological polar surface area (TPSA) is 77.8 Å². The average Bonchev–Trinajstić information content (AvgIpc) is 2.63. The second-order valence-corrected chi connectivity index (χ2v) is 7.51. The summed E-state index contributed by atoms with van der Waals surface area (Å²) < 4.78 is 0. The number of rotatable bonds is 19. The number of allylic oxidation sites excluding steroid dienone is 1. The number of unbranched alkanes of at least 4 members (excludes halogenated alkanes) is 16. The molecule has 0 saturated carbocycles. The smallest absolute Gasteiger partial charge is 0.374 e. The van der Waals surface area contributed by atoms with Crippen LogP contribution in [0.5, 0.6) is 0 Å². The first-order chi connectivity index (χ1) is 12.6.